The maximum Gasteiger partial charge on any atom is 0.264 e. The lowest BCUT2D eigenvalue weighted by Gasteiger charge is -2.38. The number of nitrogens with zero attached hydrogens (tertiary/aromatic N) is 4. The third-order valence-corrected chi connectivity index (χ3v) is 6.58. The molecule has 0 bridgehead atoms. The molecule has 0 spiro atoms. The molecule has 164 valence electrons. The zero-order chi connectivity index (χ0) is 21.9. The highest BCUT2D eigenvalue weighted by atomic mass is 32.1. The van der Waals surface area contributed by atoms with Gasteiger partial charge < -0.3 is 19.9 Å². The van der Waals surface area contributed by atoms with Crippen LogP contribution in [0, 0.1) is 5.92 Å². The lowest BCUT2D eigenvalue weighted by Crippen LogP contribution is -2.52. The molecule has 1 aromatic carbocycles. The summed E-state index contributed by atoms with van der Waals surface area (Å²) in [5.74, 6) is 1.52. The van der Waals surface area contributed by atoms with E-state index in [1.165, 1.54) is 11.3 Å². The Bertz CT molecular complexity index is 1070. The number of carbonyl (C=O) groups is 2. The minimum atomic E-state index is -0.0710. The van der Waals surface area contributed by atoms with Gasteiger partial charge in [0.2, 0.25) is 5.91 Å². The van der Waals surface area contributed by atoms with Crippen molar-refractivity contribution in [2.75, 3.05) is 36.4 Å². The average molecular weight is 450 g/mol. The van der Waals surface area contributed by atoms with E-state index in [9.17, 15) is 9.59 Å². The van der Waals surface area contributed by atoms with Crippen molar-refractivity contribution in [2.24, 2.45) is 5.92 Å². The van der Waals surface area contributed by atoms with Gasteiger partial charge in [-0.2, -0.15) is 5.10 Å². The fourth-order valence-electron chi connectivity index (χ4n) is 3.91. The van der Waals surface area contributed by atoms with E-state index in [0.717, 1.165) is 28.6 Å². The van der Waals surface area contributed by atoms with E-state index in [0.29, 0.717) is 26.2 Å². The summed E-state index contributed by atoms with van der Waals surface area (Å²) < 4.78 is 6.05. The quantitative estimate of drug-likeness (QED) is 0.623. The number of nitrogens with one attached hydrogen (secondary N) is 1. The van der Waals surface area contributed by atoms with E-state index in [-0.39, 0.29) is 23.8 Å². The van der Waals surface area contributed by atoms with Crippen molar-refractivity contribution in [3.63, 3.8) is 0 Å². The van der Waals surface area contributed by atoms with E-state index in [1.54, 1.807) is 6.20 Å². The fourth-order valence-corrected chi connectivity index (χ4v) is 4.60. The molecule has 1 atom stereocenters. The topological polar surface area (TPSA) is 87.7 Å². The van der Waals surface area contributed by atoms with Crippen molar-refractivity contribution in [1.82, 2.24) is 15.1 Å². The summed E-state index contributed by atoms with van der Waals surface area (Å²) in [6, 6.07) is 14.9. The Hall–Kier alpha value is -3.46. The first-order valence-corrected chi connectivity index (χ1v) is 11.5. The monoisotopic (exact) mass is 449 g/mol. The Morgan fingerprint density at radius 2 is 1.91 bits per heavy atom. The van der Waals surface area contributed by atoms with Gasteiger partial charge in [0, 0.05) is 37.9 Å². The molecular formula is C23H23N5O3S. The highest BCUT2D eigenvalue weighted by Gasteiger charge is 2.33. The first kappa shape index (κ1) is 20.4. The molecule has 2 aliphatic heterocycles. The first-order valence-electron chi connectivity index (χ1n) is 10.6. The van der Waals surface area contributed by atoms with Gasteiger partial charge in [-0.1, -0.05) is 6.07 Å². The number of ether oxygens (including phenoxy) is 1. The van der Waals surface area contributed by atoms with Crippen LogP contribution in [0.3, 0.4) is 0 Å². The van der Waals surface area contributed by atoms with Gasteiger partial charge in [0.15, 0.2) is 5.82 Å². The summed E-state index contributed by atoms with van der Waals surface area (Å²) in [4.78, 5) is 29.6. The van der Waals surface area contributed by atoms with Gasteiger partial charge in [0.05, 0.1) is 17.3 Å². The predicted octanol–water partition coefficient (Wildman–Crippen LogP) is 2.91. The largest absolute Gasteiger partial charge is 0.489 e. The molecule has 5 rings (SSSR count). The molecular weight excluding hydrogens is 426 g/mol. The lowest BCUT2D eigenvalue weighted by molar-refractivity contribution is -0.120. The number of carbonyl (C=O) groups excluding carboxylic acids is 2. The SMILES string of the molecule is O=C(Nc1ccc(OC2CCN(C(=O)c3cccs3)C2)cc1)C1CN(c2cccnn2)C1. The number of amides is 2. The van der Waals surface area contributed by atoms with Crippen LogP contribution in [-0.4, -0.2) is 59.2 Å². The van der Waals surface area contributed by atoms with Crippen LogP contribution in [0.2, 0.25) is 0 Å². The van der Waals surface area contributed by atoms with Gasteiger partial charge in [0.1, 0.15) is 11.9 Å². The Balaban J connectivity index is 1.09. The summed E-state index contributed by atoms with van der Waals surface area (Å²) in [5.41, 5.74) is 0.737. The molecule has 3 aromatic rings. The van der Waals surface area contributed by atoms with Gasteiger partial charge in [-0.3, -0.25) is 9.59 Å². The van der Waals surface area contributed by atoms with E-state index in [2.05, 4.69) is 15.5 Å². The Labute approximate surface area is 189 Å². The third kappa shape index (κ3) is 4.43. The van der Waals surface area contributed by atoms with Crippen LogP contribution in [0.1, 0.15) is 16.1 Å². The molecule has 2 saturated heterocycles. The Kier molecular flexibility index (Phi) is 5.72. The maximum absolute atomic E-state index is 12.5. The second-order valence-corrected chi connectivity index (χ2v) is 8.90. The highest BCUT2D eigenvalue weighted by molar-refractivity contribution is 7.12. The average Bonchev–Trinajstić information content (AvgIpc) is 3.47. The van der Waals surface area contributed by atoms with Crippen molar-refractivity contribution in [3.8, 4) is 5.75 Å². The van der Waals surface area contributed by atoms with Gasteiger partial charge in [-0.25, -0.2) is 0 Å². The number of likely N-dealkylation sites (tertiary alicyclic amines) is 1. The molecule has 32 heavy (non-hydrogen) atoms. The number of hydrogen-bond acceptors (Lipinski definition) is 7. The van der Waals surface area contributed by atoms with E-state index >= 15 is 0 Å². The van der Waals surface area contributed by atoms with E-state index in [4.69, 9.17) is 4.74 Å². The van der Waals surface area contributed by atoms with Crippen molar-refractivity contribution in [1.29, 1.82) is 0 Å². The molecule has 0 saturated carbocycles. The third-order valence-electron chi connectivity index (χ3n) is 5.72. The number of aromatic nitrogens is 2. The fraction of sp³-hybridized carbons (Fsp3) is 0.304. The first-order chi connectivity index (χ1) is 15.7. The van der Waals surface area contributed by atoms with Crippen LogP contribution in [-0.2, 0) is 4.79 Å². The van der Waals surface area contributed by atoms with Crippen LogP contribution >= 0.6 is 11.3 Å². The normalized spacial score (nSPS) is 18.3. The van der Waals surface area contributed by atoms with Crippen LogP contribution < -0.4 is 15.0 Å². The smallest absolute Gasteiger partial charge is 0.264 e. The number of benzene rings is 1. The molecule has 0 aliphatic carbocycles. The van der Waals surface area contributed by atoms with Gasteiger partial charge in [-0.15, -0.1) is 16.4 Å². The molecule has 2 fully saturated rings. The molecule has 2 aliphatic rings. The molecule has 9 heteroatoms. The summed E-state index contributed by atoms with van der Waals surface area (Å²) in [7, 11) is 0. The lowest BCUT2D eigenvalue weighted by atomic mass is 9.99. The minimum absolute atomic E-state index is 0.00247. The summed E-state index contributed by atoms with van der Waals surface area (Å²) in [6.45, 7) is 2.55. The van der Waals surface area contributed by atoms with Crippen LogP contribution in [0.4, 0.5) is 11.5 Å². The summed E-state index contributed by atoms with van der Waals surface area (Å²) >= 11 is 1.46. The van der Waals surface area contributed by atoms with Crippen molar-refractivity contribution in [2.45, 2.75) is 12.5 Å². The van der Waals surface area contributed by atoms with Crippen molar-refractivity contribution < 1.29 is 14.3 Å². The van der Waals surface area contributed by atoms with Crippen LogP contribution in [0.25, 0.3) is 0 Å². The Morgan fingerprint density at radius 3 is 2.62 bits per heavy atom. The van der Waals surface area contributed by atoms with Crippen LogP contribution in [0.5, 0.6) is 5.75 Å². The predicted molar refractivity (Wildman–Crippen MR) is 122 cm³/mol. The van der Waals surface area contributed by atoms with Gasteiger partial charge in [0.25, 0.3) is 5.91 Å². The molecule has 4 heterocycles. The Morgan fingerprint density at radius 1 is 1.06 bits per heavy atom. The van der Waals surface area contributed by atoms with E-state index < -0.39 is 0 Å². The van der Waals surface area contributed by atoms with E-state index in [1.807, 2.05) is 63.7 Å². The number of anilines is 2. The zero-order valence-corrected chi connectivity index (χ0v) is 18.2. The second kappa shape index (κ2) is 8.96. The van der Waals surface area contributed by atoms with Gasteiger partial charge in [-0.05, 0) is 47.8 Å². The van der Waals surface area contributed by atoms with Crippen molar-refractivity contribution in [3.05, 3.63) is 65.0 Å². The number of hydrogen-bond donors (Lipinski definition) is 1. The molecule has 1 unspecified atom stereocenters. The van der Waals surface area contributed by atoms with Gasteiger partial charge >= 0.3 is 0 Å². The standard InChI is InChI=1S/C23H23N5O3S/c29-22(16-13-28(14-16)21-4-1-10-24-26-21)25-17-5-7-18(8-6-17)31-19-9-11-27(15-19)23(30)20-3-2-12-32-20/h1-8,10,12,16,19H,9,11,13-15H2,(H,25,29). The van der Waals surface area contributed by atoms with Crippen LogP contribution in [0.15, 0.2) is 60.1 Å². The molecule has 1 N–H and O–H groups in total. The summed E-state index contributed by atoms with van der Waals surface area (Å²) in [6.07, 6.45) is 2.41. The second-order valence-electron chi connectivity index (χ2n) is 7.95. The van der Waals surface area contributed by atoms with Crippen molar-refractivity contribution >= 4 is 34.7 Å². The molecule has 0 radical (unpaired) electrons. The highest BCUT2D eigenvalue weighted by Crippen LogP contribution is 2.25. The maximum atomic E-state index is 12.5. The summed E-state index contributed by atoms with van der Waals surface area (Å²) in [5, 5.41) is 12.8. The number of thiophene rings is 1. The zero-order valence-electron chi connectivity index (χ0n) is 17.4. The molecule has 8 nitrogen and oxygen atoms in total. The molecule has 2 aromatic heterocycles. The molecule has 2 amide bonds. The minimum Gasteiger partial charge on any atom is -0.489 e. The number of rotatable bonds is 6.